The maximum Gasteiger partial charge on any atom is 0.240 e. The summed E-state index contributed by atoms with van der Waals surface area (Å²) >= 11 is 8.54. The summed E-state index contributed by atoms with van der Waals surface area (Å²) in [7, 11) is 0. The molecule has 6 nitrogen and oxygen atoms in total. The number of amides is 2. The van der Waals surface area contributed by atoms with E-state index in [0.29, 0.717) is 15.9 Å². The molecule has 1 saturated heterocycles. The van der Waals surface area contributed by atoms with Crippen LogP contribution in [0.15, 0.2) is 52.0 Å². The van der Waals surface area contributed by atoms with Gasteiger partial charge in [-0.15, -0.1) is 16.4 Å². The fourth-order valence-electron chi connectivity index (χ4n) is 2.00. The van der Waals surface area contributed by atoms with Gasteiger partial charge >= 0.3 is 0 Å². The predicted octanol–water partition coefficient (Wildman–Crippen LogP) is 3.35. The van der Waals surface area contributed by atoms with Crippen molar-refractivity contribution in [2.24, 2.45) is 10.2 Å². The van der Waals surface area contributed by atoms with Gasteiger partial charge in [-0.2, -0.15) is 5.10 Å². The lowest BCUT2D eigenvalue weighted by atomic mass is 10.2. The zero-order chi connectivity index (χ0) is 17.6. The normalized spacial score (nSPS) is 18.7. The van der Waals surface area contributed by atoms with Crippen molar-refractivity contribution in [2.75, 3.05) is 5.32 Å². The lowest BCUT2D eigenvalue weighted by Crippen LogP contribution is -2.28. The molecule has 1 aliphatic heterocycles. The zero-order valence-corrected chi connectivity index (χ0v) is 15.2. The van der Waals surface area contributed by atoms with E-state index in [1.54, 1.807) is 41.8 Å². The van der Waals surface area contributed by atoms with Gasteiger partial charge in [0.15, 0.2) is 5.17 Å². The second kappa shape index (κ2) is 8.28. The average Bonchev–Trinajstić information content (AvgIpc) is 3.20. The third kappa shape index (κ3) is 5.15. The first-order valence-electron chi connectivity index (χ1n) is 7.27. The van der Waals surface area contributed by atoms with E-state index in [9.17, 15) is 9.59 Å². The van der Waals surface area contributed by atoms with Crippen LogP contribution in [0, 0.1) is 0 Å². The molecule has 1 fully saturated rings. The van der Waals surface area contributed by atoms with Crippen LogP contribution in [0.1, 0.15) is 11.3 Å². The number of hydrogen-bond acceptors (Lipinski definition) is 6. The van der Waals surface area contributed by atoms with Gasteiger partial charge in [0.2, 0.25) is 11.8 Å². The Balaban J connectivity index is 1.53. The first-order chi connectivity index (χ1) is 12.1. The van der Waals surface area contributed by atoms with Gasteiger partial charge < -0.3 is 10.6 Å². The molecule has 2 heterocycles. The number of thiophene rings is 1. The summed E-state index contributed by atoms with van der Waals surface area (Å²) in [5, 5.41) is 15.7. The molecule has 1 aromatic carbocycles. The quantitative estimate of drug-likeness (QED) is 0.604. The van der Waals surface area contributed by atoms with Crippen molar-refractivity contribution in [2.45, 2.75) is 11.7 Å². The summed E-state index contributed by atoms with van der Waals surface area (Å²) in [6.07, 6.45) is 1.66. The van der Waals surface area contributed by atoms with Gasteiger partial charge in [0.05, 0.1) is 6.21 Å². The summed E-state index contributed by atoms with van der Waals surface area (Å²) < 4.78 is 0. The molecule has 0 radical (unpaired) electrons. The van der Waals surface area contributed by atoms with Crippen LogP contribution in [0.2, 0.25) is 5.02 Å². The molecule has 128 valence electrons. The number of carbonyl (C=O) groups excluding carboxylic acids is 2. The van der Waals surface area contributed by atoms with E-state index < -0.39 is 5.25 Å². The highest BCUT2D eigenvalue weighted by Crippen LogP contribution is 2.23. The number of carbonyl (C=O) groups is 2. The number of nitrogens with one attached hydrogen (secondary N) is 2. The van der Waals surface area contributed by atoms with Crippen LogP contribution in [0.5, 0.6) is 0 Å². The van der Waals surface area contributed by atoms with E-state index >= 15 is 0 Å². The molecule has 2 amide bonds. The van der Waals surface area contributed by atoms with Gasteiger partial charge in [0.25, 0.3) is 0 Å². The number of nitrogens with zero attached hydrogens (tertiary/aromatic N) is 2. The van der Waals surface area contributed by atoms with Crippen LogP contribution in [0.3, 0.4) is 0 Å². The van der Waals surface area contributed by atoms with Gasteiger partial charge in [0, 0.05) is 22.0 Å². The molecule has 25 heavy (non-hydrogen) atoms. The molecule has 1 unspecified atom stereocenters. The number of hydrogen-bond donors (Lipinski definition) is 2. The van der Waals surface area contributed by atoms with Gasteiger partial charge in [-0.05, 0) is 35.7 Å². The second-order valence-corrected chi connectivity index (χ2v) is 7.63. The maximum atomic E-state index is 12.1. The molecule has 2 aromatic rings. The molecule has 9 heteroatoms. The minimum atomic E-state index is -0.525. The number of thioether (sulfide) groups is 1. The van der Waals surface area contributed by atoms with Crippen LogP contribution >= 0.6 is 34.7 Å². The van der Waals surface area contributed by atoms with Crippen LogP contribution < -0.4 is 10.6 Å². The van der Waals surface area contributed by atoms with Crippen LogP contribution in [-0.4, -0.2) is 28.4 Å². The van der Waals surface area contributed by atoms with E-state index in [1.165, 1.54) is 11.8 Å². The third-order valence-electron chi connectivity index (χ3n) is 3.15. The summed E-state index contributed by atoms with van der Waals surface area (Å²) in [5.41, 5.74) is 0.632. The fraction of sp³-hybridized carbons (Fsp3) is 0.125. The molecular formula is C16H13ClN4O2S2. The molecule has 0 aliphatic carbocycles. The van der Waals surface area contributed by atoms with E-state index in [1.807, 2.05) is 17.5 Å². The van der Waals surface area contributed by atoms with Gasteiger partial charge in [-0.1, -0.05) is 29.4 Å². The molecule has 0 spiro atoms. The van der Waals surface area contributed by atoms with Crippen LogP contribution in [-0.2, 0) is 9.59 Å². The second-order valence-electron chi connectivity index (χ2n) is 5.02. The van der Waals surface area contributed by atoms with E-state index in [-0.39, 0.29) is 18.2 Å². The van der Waals surface area contributed by atoms with Crippen molar-refractivity contribution < 1.29 is 9.59 Å². The third-order valence-corrected chi connectivity index (χ3v) is 5.28. The Morgan fingerprint density at radius 2 is 2.12 bits per heavy atom. The fourth-order valence-corrected chi connectivity index (χ4v) is 3.63. The number of benzene rings is 1. The van der Waals surface area contributed by atoms with Gasteiger partial charge in [0.1, 0.15) is 5.25 Å². The lowest BCUT2D eigenvalue weighted by molar-refractivity contribution is -0.122. The monoisotopic (exact) mass is 392 g/mol. The standard InChI is InChI=1S/C16H13ClN4O2S2/c17-10-3-5-11(6-4-10)19-14(22)8-13-15(23)20-16(25-13)21-18-9-12-2-1-7-24-12/h1-7,9,13H,8H2,(H,19,22)(H,20,21,23). The number of halogens is 1. The van der Waals surface area contributed by atoms with Crippen molar-refractivity contribution >= 4 is 63.6 Å². The molecule has 1 atom stereocenters. The number of rotatable bonds is 5. The van der Waals surface area contributed by atoms with Crippen LogP contribution in [0.25, 0.3) is 0 Å². The summed E-state index contributed by atoms with van der Waals surface area (Å²) in [5.74, 6) is -0.500. The topological polar surface area (TPSA) is 82.9 Å². The highest BCUT2D eigenvalue weighted by Gasteiger charge is 2.32. The first-order valence-corrected chi connectivity index (χ1v) is 9.41. The zero-order valence-electron chi connectivity index (χ0n) is 12.8. The number of amidine groups is 1. The highest BCUT2D eigenvalue weighted by molar-refractivity contribution is 8.15. The Bertz CT molecular complexity index is 819. The number of anilines is 1. The minimum absolute atomic E-state index is 0.0484. The molecule has 0 saturated carbocycles. The van der Waals surface area contributed by atoms with Crippen molar-refractivity contribution in [3.8, 4) is 0 Å². The maximum absolute atomic E-state index is 12.1. The van der Waals surface area contributed by atoms with Crippen molar-refractivity contribution in [3.05, 3.63) is 51.7 Å². The van der Waals surface area contributed by atoms with E-state index in [0.717, 1.165) is 4.88 Å². The van der Waals surface area contributed by atoms with E-state index in [2.05, 4.69) is 20.8 Å². The Morgan fingerprint density at radius 1 is 1.32 bits per heavy atom. The molecule has 3 rings (SSSR count). The van der Waals surface area contributed by atoms with Gasteiger partial charge in [-0.3, -0.25) is 9.59 Å². The summed E-state index contributed by atoms with van der Waals surface area (Å²) in [6, 6.07) is 10.6. The predicted molar refractivity (Wildman–Crippen MR) is 104 cm³/mol. The van der Waals surface area contributed by atoms with Crippen LogP contribution in [0.4, 0.5) is 5.69 Å². The Hall–Kier alpha value is -2.16. The average molecular weight is 393 g/mol. The molecule has 1 aromatic heterocycles. The van der Waals surface area contributed by atoms with Crippen molar-refractivity contribution in [1.82, 2.24) is 5.32 Å². The lowest BCUT2D eigenvalue weighted by Gasteiger charge is -2.07. The highest BCUT2D eigenvalue weighted by atomic mass is 35.5. The SMILES string of the molecule is O=C(CC1S/C(=N/N=Cc2cccs2)NC1=O)Nc1ccc(Cl)cc1. The minimum Gasteiger partial charge on any atom is -0.326 e. The molecule has 0 bridgehead atoms. The summed E-state index contributed by atoms with van der Waals surface area (Å²) in [6.45, 7) is 0. The van der Waals surface area contributed by atoms with Gasteiger partial charge in [-0.25, -0.2) is 0 Å². The summed E-state index contributed by atoms with van der Waals surface area (Å²) in [4.78, 5) is 25.0. The largest absolute Gasteiger partial charge is 0.326 e. The Kier molecular flexibility index (Phi) is 5.85. The van der Waals surface area contributed by atoms with E-state index in [4.69, 9.17) is 11.6 Å². The molecular weight excluding hydrogens is 380 g/mol. The smallest absolute Gasteiger partial charge is 0.240 e. The van der Waals surface area contributed by atoms with Crippen molar-refractivity contribution in [3.63, 3.8) is 0 Å². The molecule has 2 N–H and O–H groups in total. The molecule has 1 aliphatic rings. The Morgan fingerprint density at radius 3 is 2.84 bits per heavy atom. The van der Waals surface area contributed by atoms with Crippen molar-refractivity contribution in [1.29, 1.82) is 0 Å². The Labute approximate surface area is 157 Å². The first kappa shape index (κ1) is 17.7.